The summed E-state index contributed by atoms with van der Waals surface area (Å²) < 4.78 is 30.1. The van der Waals surface area contributed by atoms with E-state index in [1.165, 1.54) is 19.1 Å². The number of nitrogens with zero attached hydrogens (tertiary/aromatic N) is 3. The minimum atomic E-state index is -1.17. The van der Waals surface area contributed by atoms with Crippen molar-refractivity contribution < 1.29 is 13.6 Å². The summed E-state index contributed by atoms with van der Waals surface area (Å²) in [6.07, 6.45) is 2.27. The van der Waals surface area contributed by atoms with Crippen LogP contribution >= 0.6 is 0 Å². The molecular weight excluding hydrogens is 468 g/mol. The van der Waals surface area contributed by atoms with Crippen LogP contribution in [0.4, 0.5) is 8.78 Å². The first kappa shape index (κ1) is 24.9. The molecule has 0 bridgehead atoms. The number of para-hydroxylation sites is 2. The Labute approximate surface area is 216 Å². The van der Waals surface area contributed by atoms with Gasteiger partial charge < -0.3 is 4.90 Å². The predicted molar refractivity (Wildman–Crippen MR) is 144 cm³/mol. The van der Waals surface area contributed by atoms with Crippen molar-refractivity contribution in [1.29, 1.82) is 0 Å². The molecule has 0 radical (unpaired) electrons. The molecule has 37 heavy (non-hydrogen) atoms. The van der Waals surface area contributed by atoms with Crippen LogP contribution < -0.4 is 0 Å². The first-order valence-corrected chi connectivity index (χ1v) is 12.8. The van der Waals surface area contributed by atoms with Gasteiger partial charge in [-0.05, 0) is 92.3 Å². The molecule has 1 aromatic heterocycles. The van der Waals surface area contributed by atoms with Crippen molar-refractivity contribution in [1.82, 2.24) is 14.5 Å². The molecule has 3 aromatic carbocycles. The van der Waals surface area contributed by atoms with E-state index in [4.69, 9.17) is 4.98 Å². The Morgan fingerprint density at radius 3 is 2.46 bits per heavy atom. The summed E-state index contributed by atoms with van der Waals surface area (Å²) in [7, 11) is 0. The van der Waals surface area contributed by atoms with Crippen molar-refractivity contribution >= 4 is 22.5 Å². The number of rotatable bonds is 5. The number of hydrogen-bond donors (Lipinski definition) is 0. The summed E-state index contributed by atoms with van der Waals surface area (Å²) in [5, 5.41) is 0. The summed E-state index contributed by atoms with van der Waals surface area (Å²) >= 11 is 0. The number of carbonyl (C=O) groups excluding carboxylic acids is 1. The Balaban J connectivity index is 1.32. The molecule has 6 heteroatoms. The maximum atomic E-state index is 14.6. The topological polar surface area (TPSA) is 38.1 Å². The third-order valence-electron chi connectivity index (χ3n) is 7.31. The molecule has 1 fully saturated rings. The lowest BCUT2D eigenvalue weighted by molar-refractivity contribution is 0.0708. The molecular formula is C31H31F2N3O. The lowest BCUT2D eigenvalue weighted by Crippen LogP contribution is -2.38. The van der Waals surface area contributed by atoms with Crippen molar-refractivity contribution in [2.75, 3.05) is 13.1 Å². The SMILES string of the molecule is C/C=C(/c1cccc(F)c1)c1ccc(C(=O)N2CCC(c3nc4ccccc4n3C(C)F)CC2)cc1C. The predicted octanol–water partition coefficient (Wildman–Crippen LogP) is 7.44. The molecule has 0 spiro atoms. The van der Waals surface area contributed by atoms with Gasteiger partial charge in [-0.25, -0.2) is 13.8 Å². The van der Waals surface area contributed by atoms with Crippen LogP contribution in [0.5, 0.6) is 0 Å². The van der Waals surface area contributed by atoms with Crippen LogP contribution in [0, 0.1) is 12.7 Å². The van der Waals surface area contributed by atoms with E-state index in [1.807, 2.05) is 73.4 Å². The Kier molecular flexibility index (Phi) is 6.92. The number of carbonyl (C=O) groups is 1. The van der Waals surface area contributed by atoms with Gasteiger partial charge in [0.2, 0.25) is 0 Å². The number of likely N-dealkylation sites (tertiary alicyclic amines) is 1. The first-order valence-electron chi connectivity index (χ1n) is 12.8. The van der Waals surface area contributed by atoms with Crippen molar-refractivity contribution in [3.05, 3.63) is 107 Å². The average Bonchev–Trinajstić information content (AvgIpc) is 3.30. The molecule has 1 unspecified atom stereocenters. The van der Waals surface area contributed by atoms with Gasteiger partial charge in [0.1, 0.15) is 11.6 Å². The van der Waals surface area contributed by atoms with E-state index in [1.54, 1.807) is 10.6 Å². The van der Waals surface area contributed by atoms with Crippen molar-refractivity contribution in [3.8, 4) is 0 Å². The van der Waals surface area contributed by atoms with Crippen molar-refractivity contribution in [3.63, 3.8) is 0 Å². The van der Waals surface area contributed by atoms with Gasteiger partial charge in [-0.15, -0.1) is 0 Å². The summed E-state index contributed by atoms with van der Waals surface area (Å²) in [4.78, 5) is 20.0. The second-order valence-electron chi connectivity index (χ2n) is 9.71. The van der Waals surface area contributed by atoms with E-state index < -0.39 is 6.30 Å². The summed E-state index contributed by atoms with van der Waals surface area (Å²) in [5.74, 6) is 0.580. The number of allylic oxidation sites excluding steroid dienone is 1. The fourth-order valence-electron chi connectivity index (χ4n) is 5.48. The lowest BCUT2D eigenvalue weighted by Gasteiger charge is -2.32. The van der Waals surface area contributed by atoms with Crippen molar-refractivity contribution in [2.24, 2.45) is 0 Å². The Morgan fingerprint density at radius 2 is 1.78 bits per heavy atom. The number of hydrogen-bond acceptors (Lipinski definition) is 2. The van der Waals surface area contributed by atoms with Gasteiger partial charge >= 0.3 is 0 Å². The van der Waals surface area contributed by atoms with Gasteiger partial charge in [-0.2, -0.15) is 0 Å². The second kappa shape index (κ2) is 10.3. The third-order valence-corrected chi connectivity index (χ3v) is 7.31. The third kappa shape index (κ3) is 4.80. The van der Waals surface area contributed by atoms with E-state index in [-0.39, 0.29) is 17.6 Å². The number of imidazole rings is 1. The molecule has 190 valence electrons. The average molecular weight is 500 g/mol. The molecule has 1 atom stereocenters. The molecule has 4 nitrogen and oxygen atoms in total. The van der Waals surface area contributed by atoms with E-state index in [9.17, 15) is 13.6 Å². The summed E-state index contributed by atoms with van der Waals surface area (Å²) in [5.41, 5.74) is 5.92. The van der Waals surface area contributed by atoms with E-state index in [0.29, 0.717) is 18.7 Å². The maximum Gasteiger partial charge on any atom is 0.253 e. The van der Waals surface area contributed by atoms with Gasteiger partial charge in [0.05, 0.1) is 11.0 Å². The van der Waals surface area contributed by atoms with Crippen LogP contribution in [0.15, 0.2) is 72.8 Å². The highest BCUT2D eigenvalue weighted by Gasteiger charge is 2.29. The molecule has 0 aliphatic carbocycles. The van der Waals surface area contributed by atoms with E-state index in [2.05, 4.69) is 0 Å². The van der Waals surface area contributed by atoms with Gasteiger partial charge in [0.15, 0.2) is 6.30 Å². The maximum absolute atomic E-state index is 14.6. The molecule has 0 saturated carbocycles. The summed E-state index contributed by atoms with van der Waals surface area (Å²) in [6.45, 7) is 6.63. The Bertz CT molecular complexity index is 1480. The largest absolute Gasteiger partial charge is 0.339 e. The highest BCUT2D eigenvalue weighted by molar-refractivity contribution is 5.95. The number of halogens is 2. The molecule has 2 heterocycles. The van der Waals surface area contributed by atoms with Gasteiger partial charge in [0.25, 0.3) is 5.91 Å². The van der Waals surface area contributed by atoms with Gasteiger partial charge in [-0.1, -0.05) is 36.4 Å². The highest BCUT2D eigenvalue weighted by atomic mass is 19.1. The zero-order valence-corrected chi connectivity index (χ0v) is 21.4. The molecule has 1 saturated heterocycles. The number of amides is 1. The highest BCUT2D eigenvalue weighted by Crippen LogP contribution is 2.34. The number of alkyl halides is 1. The van der Waals surface area contributed by atoms with Crippen molar-refractivity contribution in [2.45, 2.75) is 45.8 Å². The normalized spacial score (nSPS) is 15.8. The molecule has 1 aliphatic heterocycles. The van der Waals surface area contributed by atoms with Crippen LogP contribution in [-0.2, 0) is 0 Å². The molecule has 0 N–H and O–H groups in total. The molecule has 4 aromatic rings. The standard InChI is InChI=1S/C31H31F2N3O/c1-4-26(23-8-7-9-25(33)19-23)27-13-12-24(18-20(27)2)31(37)35-16-14-22(15-17-35)30-34-28-10-5-6-11-29(28)36(30)21(3)32/h4-13,18-19,21-22H,14-17H2,1-3H3/b26-4-. The van der Waals surface area contributed by atoms with Crippen LogP contribution in [0.25, 0.3) is 16.6 Å². The quantitative estimate of drug-likeness (QED) is 0.286. The fraction of sp³-hybridized carbons (Fsp3) is 0.290. The van der Waals surface area contributed by atoms with E-state index >= 15 is 0 Å². The number of aryl methyl sites for hydroxylation is 1. The zero-order valence-electron chi connectivity index (χ0n) is 21.4. The molecule has 1 amide bonds. The van der Waals surface area contributed by atoms with E-state index in [0.717, 1.165) is 52.0 Å². The summed E-state index contributed by atoms with van der Waals surface area (Å²) in [6, 6.07) is 19.9. The smallest absolute Gasteiger partial charge is 0.253 e. The number of aromatic nitrogens is 2. The second-order valence-corrected chi connectivity index (χ2v) is 9.71. The first-order chi connectivity index (χ1) is 17.9. The number of piperidine rings is 1. The van der Waals surface area contributed by atoms with Gasteiger partial charge in [-0.3, -0.25) is 9.36 Å². The number of benzene rings is 3. The monoisotopic (exact) mass is 499 g/mol. The molecule has 5 rings (SSSR count). The Hall–Kier alpha value is -3.80. The number of fused-ring (bicyclic) bond motifs is 1. The van der Waals surface area contributed by atoms with Gasteiger partial charge in [0, 0.05) is 24.6 Å². The minimum Gasteiger partial charge on any atom is -0.339 e. The van der Waals surface area contributed by atoms with Crippen LogP contribution in [0.2, 0.25) is 0 Å². The molecule has 1 aliphatic rings. The van der Waals surface area contributed by atoms with Crippen LogP contribution in [-0.4, -0.2) is 33.4 Å². The zero-order chi connectivity index (χ0) is 26.1. The van der Waals surface area contributed by atoms with Crippen LogP contribution in [0.1, 0.15) is 71.8 Å². The Morgan fingerprint density at radius 1 is 1.03 bits per heavy atom. The van der Waals surface area contributed by atoms with Crippen LogP contribution in [0.3, 0.4) is 0 Å². The minimum absolute atomic E-state index is 0.00625. The lowest BCUT2D eigenvalue weighted by atomic mass is 9.92. The fourth-order valence-corrected chi connectivity index (χ4v) is 5.48.